The molecule has 0 unspecified atom stereocenters. The van der Waals surface area contributed by atoms with E-state index in [4.69, 9.17) is 4.74 Å². The van der Waals surface area contributed by atoms with Crippen molar-refractivity contribution < 1.29 is 9.53 Å². The zero-order valence-corrected chi connectivity index (χ0v) is 11.8. The first kappa shape index (κ1) is 14.6. The molecule has 0 radical (unpaired) electrons. The molecule has 0 fully saturated rings. The van der Waals surface area contributed by atoms with Gasteiger partial charge in [0.25, 0.3) is 0 Å². The second-order valence-electron chi connectivity index (χ2n) is 5.72. The molecule has 3 heteroatoms. The quantitative estimate of drug-likeness (QED) is 0.803. The first-order valence-electron chi connectivity index (χ1n) is 6.30. The molecule has 100 valence electrons. The van der Waals surface area contributed by atoms with Crippen molar-refractivity contribution >= 4 is 5.91 Å². The molecule has 0 aliphatic rings. The Balaban J connectivity index is 2.29. The SMILES string of the molecule is CN(CC(C)(C)C)C(=O)CCOc1ccccc1. The maximum Gasteiger partial charge on any atom is 0.225 e. The molecule has 0 aromatic heterocycles. The molecule has 1 aromatic carbocycles. The number of para-hydroxylation sites is 1. The van der Waals surface area contributed by atoms with Crippen LogP contribution in [0.1, 0.15) is 27.2 Å². The fourth-order valence-corrected chi connectivity index (χ4v) is 1.76. The normalized spacial score (nSPS) is 11.1. The van der Waals surface area contributed by atoms with E-state index in [-0.39, 0.29) is 11.3 Å². The number of carbonyl (C=O) groups is 1. The van der Waals surface area contributed by atoms with E-state index in [1.807, 2.05) is 37.4 Å². The molecule has 0 heterocycles. The molecule has 0 N–H and O–H groups in total. The summed E-state index contributed by atoms with van der Waals surface area (Å²) in [6, 6.07) is 9.56. The lowest BCUT2D eigenvalue weighted by molar-refractivity contribution is -0.131. The summed E-state index contributed by atoms with van der Waals surface area (Å²) < 4.78 is 5.51. The molecule has 18 heavy (non-hydrogen) atoms. The second kappa shape index (κ2) is 6.43. The molecule has 3 nitrogen and oxygen atoms in total. The second-order valence-corrected chi connectivity index (χ2v) is 5.72. The van der Waals surface area contributed by atoms with Crippen molar-refractivity contribution in [3.63, 3.8) is 0 Å². The standard InChI is InChI=1S/C15H23NO2/c1-15(2,3)12-16(4)14(17)10-11-18-13-8-6-5-7-9-13/h5-9H,10-12H2,1-4H3. The number of nitrogens with zero attached hydrogens (tertiary/aromatic N) is 1. The Labute approximate surface area is 110 Å². The molecule has 1 aromatic rings. The summed E-state index contributed by atoms with van der Waals surface area (Å²) in [6.07, 6.45) is 0.418. The molecular weight excluding hydrogens is 226 g/mol. The largest absolute Gasteiger partial charge is 0.493 e. The smallest absolute Gasteiger partial charge is 0.225 e. The number of benzene rings is 1. The number of amides is 1. The lowest BCUT2D eigenvalue weighted by Gasteiger charge is -2.26. The van der Waals surface area contributed by atoms with Gasteiger partial charge in [0, 0.05) is 13.6 Å². The van der Waals surface area contributed by atoms with Gasteiger partial charge in [-0.3, -0.25) is 4.79 Å². The Kier molecular flexibility index (Phi) is 5.20. The van der Waals surface area contributed by atoms with E-state index in [9.17, 15) is 4.79 Å². The van der Waals surface area contributed by atoms with E-state index in [0.29, 0.717) is 13.0 Å². The molecule has 0 saturated carbocycles. The molecule has 0 aliphatic carbocycles. The van der Waals surface area contributed by atoms with Gasteiger partial charge in [0.15, 0.2) is 0 Å². The van der Waals surface area contributed by atoms with Crippen LogP contribution < -0.4 is 4.74 Å². The number of hydrogen-bond acceptors (Lipinski definition) is 2. The molecule has 0 spiro atoms. The summed E-state index contributed by atoms with van der Waals surface area (Å²) in [7, 11) is 1.84. The van der Waals surface area contributed by atoms with Crippen LogP contribution in [-0.4, -0.2) is 31.0 Å². The number of rotatable bonds is 5. The van der Waals surface area contributed by atoms with Crippen molar-refractivity contribution in [1.29, 1.82) is 0 Å². The van der Waals surface area contributed by atoms with Gasteiger partial charge in [-0.25, -0.2) is 0 Å². The van der Waals surface area contributed by atoms with E-state index in [0.717, 1.165) is 12.3 Å². The van der Waals surface area contributed by atoms with Crippen LogP contribution in [0.4, 0.5) is 0 Å². The summed E-state index contributed by atoms with van der Waals surface area (Å²) in [4.78, 5) is 13.6. The first-order chi connectivity index (χ1) is 8.38. The highest BCUT2D eigenvalue weighted by atomic mass is 16.5. The van der Waals surface area contributed by atoms with Crippen molar-refractivity contribution in [2.45, 2.75) is 27.2 Å². The predicted octanol–water partition coefficient (Wildman–Crippen LogP) is 2.96. The summed E-state index contributed by atoms with van der Waals surface area (Å²) in [5, 5.41) is 0. The maximum atomic E-state index is 11.9. The van der Waals surface area contributed by atoms with Gasteiger partial charge in [-0.2, -0.15) is 0 Å². The van der Waals surface area contributed by atoms with Crippen LogP contribution in [-0.2, 0) is 4.79 Å². The van der Waals surface area contributed by atoms with Gasteiger partial charge < -0.3 is 9.64 Å². The third-order valence-corrected chi connectivity index (χ3v) is 2.47. The molecule has 1 amide bonds. The predicted molar refractivity (Wildman–Crippen MR) is 73.6 cm³/mol. The van der Waals surface area contributed by atoms with Crippen molar-refractivity contribution in [2.24, 2.45) is 5.41 Å². The minimum atomic E-state index is 0.126. The lowest BCUT2D eigenvalue weighted by atomic mass is 9.96. The lowest BCUT2D eigenvalue weighted by Crippen LogP contribution is -2.35. The van der Waals surface area contributed by atoms with Gasteiger partial charge in [-0.1, -0.05) is 39.0 Å². The van der Waals surface area contributed by atoms with E-state index in [1.54, 1.807) is 4.90 Å². The van der Waals surface area contributed by atoms with Crippen molar-refractivity contribution in [3.8, 4) is 5.75 Å². The average Bonchev–Trinajstić information content (AvgIpc) is 2.28. The monoisotopic (exact) mass is 249 g/mol. The van der Waals surface area contributed by atoms with Crippen molar-refractivity contribution in [1.82, 2.24) is 4.90 Å². The Morgan fingerprint density at radius 2 is 1.83 bits per heavy atom. The molecule has 1 rings (SSSR count). The van der Waals surface area contributed by atoms with Crippen molar-refractivity contribution in [2.75, 3.05) is 20.2 Å². The van der Waals surface area contributed by atoms with E-state index in [1.165, 1.54) is 0 Å². The molecule has 0 aliphatic heterocycles. The highest BCUT2D eigenvalue weighted by Gasteiger charge is 2.17. The summed E-state index contributed by atoms with van der Waals surface area (Å²) in [6.45, 7) is 7.56. The molecule has 0 atom stereocenters. The van der Waals surface area contributed by atoms with Gasteiger partial charge >= 0.3 is 0 Å². The summed E-state index contributed by atoms with van der Waals surface area (Å²) >= 11 is 0. The fraction of sp³-hybridized carbons (Fsp3) is 0.533. The maximum absolute atomic E-state index is 11.9. The van der Waals surface area contributed by atoms with Crippen LogP contribution in [0.25, 0.3) is 0 Å². The van der Waals surface area contributed by atoms with E-state index >= 15 is 0 Å². The molecule has 0 bridgehead atoms. The van der Waals surface area contributed by atoms with Crippen LogP contribution in [0, 0.1) is 5.41 Å². The third-order valence-electron chi connectivity index (χ3n) is 2.47. The van der Waals surface area contributed by atoms with Crippen LogP contribution in [0.5, 0.6) is 5.75 Å². The Morgan fingerprint density at radius 3 is 2.39 bits per heavy atom. The minimum Gasteiger partial charge on any atom is -0.493 e. The Hall–Kier alpha value is -1.51. The summed E-state index contributed by atoms with van der Waals surface area (Å²) in [5.41, 5.74) is 0.130. The van der Waals surface area contributed by atoms with Crippen LogP contribution in [0.2, 0.25) is 0 Å². The Morgan fingerprint density at radius 1 is 1.22 bits per heavy atom. The molecule has 0 saturated heterocycles. The Bertz CT molecular complexity index is 368. The van der Waals surface area contributed by atoms with Gasteiger partial charge in [0.1, 0.15) is 5.75 Å². The highest BCUT2D eigenvalue weighted by Crippen LogP contribution is 2.15. The highest BCUT2D eigenvalue weighted by molar-refractivity contribution is 5.76. The zero-order chi connectivity index (χ0) is 13.6. The first-order valence-corrected chi connectivity index (χ1v) is 6.30. The van der Waals surface area contributed by atoms with Crippen LogP contribution >= 0.6 is 0 Å². The average molecular weight is 249 g/mol. The summed E-state index contributed by atoms with van der Waals surface area (Å²) in [5.74, 6) is 0.935. The van der Waals surface area contributed by atoms with Crippen LogP contribution in [0.15, 0.2) is 30.3 Å². The van der Waals surface area contributed by atoms with E-state index in [2.05, 4.69) is 20.8 Å². The number of ether oxygens (including phenoxy) is 1. The third kappa shape index (κ3) is 5.71. The molecular formula is C15H23NO2. The fourth-order valence-electron chi connectivity index (χ4n) is 1.76. The van der Waals surface area contributed by atoms with Crippen molar-refractivity contribution in [3.05, 3.63) is 30.3 Å². The zero-order valence-electron chi connectivity index (χ0n) is 11.8. The topological polar surface area (TPSA) is 29.5 Å². The van der Waals surface area contributed by atoms with Crippen LogP contribution in [0.3, 0.4) is 0 Å². The minimum absolute atomic E-state index is 0.126. The van der Waals surface area contributed by atoms with Gasteiger partial charge in [0.2, 0.25) is 5.91 Å². The number of carbonyl (C=O) groups excluding carboxylic acids is 1. The van der Waals surface area contributed by atoms with Gasteiger partial charge in [-0.15, -0.1) is 0 Å². The van der Waals surface area contributed by atoms with E-state index < -0.39 is 0 Å². The van der Waals surface area contributed by atoms with Gasteiger partial charge in [0.05, 0.1) is 13.0 Å². The number of hydrogen-bond donors (Lipinski definition) is 0. The van der Waals surface area contributed by atoms with Gasteiger partial charge in [-0.05, 0) is 17.5 Å².